The lowest BCUT2D eigenvalue weighted by molar-refractivity contribution is -0.900. The van der Waals surface area contributed by atoms with Gasteiger partial charge in [0.2, 0.25) is 0 Å². The molecule has 5 nitrogen and oxygen atoms in total. The Bertz CT molecular complexity index is 594. The Morgan fingerprint density at radius 3 is 2.50 bits per heavy atom. The number of likely N-dealkylation sites (tertiary alicyclic amines) is 1. The van der Waals surface area contributed by atoms with Crippen LogP contribution in [0.25, 0.3) is 0 Å². The van der Waals surface area contributed by atoms with Gasteiger partial charge < -0.3 is 20.1 Å². The molecule has 0 radical (unpaired) electrons. The molecule has 1 aromatic rings. The van der Waals surface area contributed by atoms with Gasteiger partial charge in [0.1, 0.15) is 11.4 Å². The van der Waals surface area contributed by atoms with Crippen LogP contribution in [-0.4, -0.2) is 43.8 Å². The first-order chi connectivity index (χ1) is 12.5. The highest BCUT2D eigenvalue weighted by atomic mass is 16.5. The number of hydrogen-bond donors (Lipinski definition) is 3. The highest BCUT2D eigenvalue weighted by Crippen LogP contribution is 2.30. The van der Waals surface area contributed by atoms with E-state index in [9.17, 15) is 9.90 Å². The van der Waals surface area contributed by atoms with Crippen LogP contribution in [-0.2, 0) is 10.4 Å². The van der Waals surface area contributed by atoms with E-state index in [0.29, 0.717) is 31.3 Å². The highest BCUT2D eigenvalue weighted by molar-refractivity contribution is 5.77. The Labute approximate surface area is 156 Å². The molecule has 2 aliphatic rings. The standard InChI is InChI=1S/C21H32N2O3/c1-16-5-3-4-6-19(16)22-20(24)15-23-13-11-21(25,12-14-23)17-7-9-18(26-2)10-8-17/h7-10,16,19,25H,3-6,11-15H2,1-2H3,(H,22,24)/p+1/t16-,19-/m1/s1. The zero-order valence-electron chi connectivity index (χ0n) is 16.1. The molecular weight excluding hydrogens is 328 g/mol. The maximum atomic E-state index is 12.4. The molecular formula is C21H33N2O3+. The fourth-order valence-electron chi connectivity index (χ4n) is 4.40. The van der Waals surface area contributed by atoms with Crippen molar-refractivity contribution in [2.24, 2.45) is 5.92 Å². The van der Waals surface area contributed by atoms with Crippen molar-refractivity contribution in [2.75, 3.05) is 26.7 Å². The summed E-state index contributed by atoms with van der Waals surface area (Å²) in [4.78, 5) is 13.7. The van der Waals surface area contributed by atoms with Gasteiger partial charge in [0.05, 0.1) is 20.2 Å². The zero-order valence-corrected chi connectivity index (χ0v) is 16.1. The third-order valence-electron chi connectivity index (χ3n) is 6.28. The van der Waals surface area contributed by atoms with Crippen molar-refractivity contribution in [2.45, 2.75) is 57.1 Å². The normalized spacial score (nSPS) is 32.0. The Morgan fingerprint density at radius 1 is 1.23 bits per heavy atom. The molecule has 0 aromatic heterocycles. The molecule has 0 bridgehead atoms. The summed E-state index contributed by atoms with van der Waals surface area (Å²) in [5.41, 5.74) is 0.155. The van der Waals surface area contributed by atoms with Gasteiger partial charge in [0.15, 0.2) is 6.54 Å². The lowest BCUT2D eigenvalue weighted by atomic mass is 9.84. The van der Waals surface area contributed by atoms with Gasteiger partial charge in [-0.15, -0.1) is 0 Å². The van der Waals surface area contributed by atoms with Gasteiger partial charge >= 0.3 is 0 Å². The summed E-state index contributed by atoms with van der Waals surface area (Å²) in [5, 5.41) is 14.2. The molecule has 1 aliphatic carbocycles. The summed E-state index contributed by atoms with van der Waals surface area (Å²) in [6, 6.07) is 8.02. The number of carbonyl (C=O) groups excluding carboxylic acids is 1. The Balaban J connectivity index is 1.48. The molecule has 1 saturated heterocycles. The van der Waals surface area contributed by atoms with Crippen LogP contribution in [0.1, 0.15) is 51.0 Å². The first-order valence-corrected chi connectivity index (χ1v) is 10.00. The van der Waals surface area contributed by atoms with E-state index in [-0.39, 0.29) is 5.91 Å². The highest BCUT2D eigenvalue weighted by Gasteiger charge is 2.37. The summed E-state index contributed by atoms with van der Waals surface area (Å²) in [6.45, 7) is 4.39. The second kappa shape index (κ2) is 8.40. The van der Waals surface area contributed by atoms with Crippen LogP contribution in [0.15, 0.2) is 24.3 Å². The fourth-order valence-corrected chi connectivity index (χ4v) is 4.40. The summed E-state index contributed by atoms with van der Waals surface area (Å²) in [7, 11) is 1.64. The molecule has 1 amide bonds. The maximum Gasteiger partial charge on any atom is 0.275 e. The first kappa shape index (κ1) is 19.2. The number of carbonyl (C=O) groups is 1. The molecule has 1 saturated carbocycles. The second-order valence-electron chi connectivity index (χ2n) is 8.12. The van der Waals surface area contributed by atoms with Crippen LogP contribution in [0.3, 0.4) is 0 Å². The SMILES string of the molecule is COc1ccc(C2(O)CC[NH+](CC(=O)N[C@@H]3CCCC[C@H]3C)CC2)cc1. The largest absolute Gasteiger partial charge is 0.497 e. The van der Waals surface area contributed by atoms with Gasteiger partial charge in [-0.3, -0.25) is 4.79 Å². The van der Waals surface area contributed by atoms with E-state index in [4.69, 9.17) is 4.74 Å². The van der Waals surface area contributed by atoms with E-state index in [1.165, 1.54) is 24.2 Å². The topological polar surface area (TPSA) is 63.0 Å². The smallest absolute Gasteiger partial charge is 0.275 e. The fraction of sp³-hybridized carbons (Fsp3) is 0.667. The van der Waals surface area contributed by atoms with Gasteiger partial charge in [0, 0.05) is 18.9 Å². The number of benzene rings is 1. The quantitative estimate of drug-likeness (QED) is 0.740. The summed E-state index contributed by atoms with van der Waals surface area (Å²) in [5.74, 6) is 1.55. The van der Waals surface area contributed by atoms with Crippen LogP contribution in [0, 0.1) is 5.92 Å². The third-order valence-corrected chi connectivity index (χ3v) is 6.28. The van der Waals surface area contributed by atoms with E-state index in [1.807, 2.05) is 24.3 Å². The Hall–Kier alpha value is -1.59. The predicted octanol–water partition coefficient (Wildman–Crippen LogP) is 1.26. The average molecular weight is 362 g/mol. The van der Waals surface area contributed by atoms with E-state index in [2.05, 4.69) is 12.2 Å². The number of piperidine rings is 1. The second-order valence-corrected chi connectivity index (χ2v) is 8.12. The number of rotatable bonds is 5. The van der Waals surface area contributed by atoms with Gasteiger partial charge in [-0.1, -0.05) is 31.9 Å². The minimum absolute atomic E-state index is 0.161. The van der Waals surface area contributed by atoms with Crippen LogP contribution >= 0.6 is 0 Å². The summed E-state index contributed by atoms with van der Waals surface area (Å²) >= 11 is 0. The minimum Gasteiger partial charge on any atom is -0.497 e. The molecule has 2 fully saturated rings. The van der Waals surface area contributed by atoms with Gasteiger partial charge in [-0.2, -0.15) is 0 Å². The van der Waals surface area contributed by atoms with Crippen molar-refractivity contribution in [1.82, 2.24) is 5.32 Å². The number of ether oxygens (including phenoxy) is 1. The van der Waals surface area contributed by atoms with Crippen molar-refractivity contribution < 1.29 is 19.5 Å². The summed E-state index contributed by atoms with van der Waals surface area (Å²) < 4.78 is 5.19. The van der Waals surface area contributed by atoms with Crippen molar-refractivity contribution in [1.29, 1.82) is 0 Å². The lowest BCUT2D eigenvalue weighted by Crippen LogP contribution is -3.14. The average Bonchev–Trinajstić information content (AvgIpc) is 2.66. The number of nitrogens with one attached hydrogen (secondary N) is 2. The van der Waals surface area contributed by atoms with E-state index in [0.717, 1.165) is 30.8 Å². The molecule has 0 unspecified atom stereocenters. The number of methoxy groups -OCH3 is 1. The predicted molar refractivity (Wildman–Crippen MR) is 101 cm³/mol. The number of quaternary nitrogens is 1. The van der Waals surface area contributed by atoms with Gasteiger partial charge in [-0.25, -0.2) is 0 Å². The van der Waals surface area contributed by atoms with Crippen molar-refractivity contribution in [3.05, 3.63) is 29.8 Å². The molecule has 1 aliphatic heterocycles. The molecule has 3 rings (SSSR count). The molecule has 26 heavy (non-hydrogen) atoms. The Morgan fingerprint density at radius 2 is 1.88 bits per heavy atom. The van der Waals surface area contributed by atoms with Crippen LogP contribution in [0.4, 0.5) is 0 Å². The third kappa shape index (κ3) is 4.57. The minimum atomic E-state index is -0.788. The van der Waals surface area contributed by atoms with Crippen LogP contribution in [0.2, 0.25) is 0 Å². The van der Waals surface area contributed by atoms with Crippen molar-refractivity contribution in [3.8, 4) is 5.75 Å². The van der Waals surface area contributed by atoms with E-state index in [1.54, 1.807) is 7.11 Å². The van der Waals surface area contributed by atoms with Crippen molar-refractivity contribution in [3.63, 3.8) is 0 Å². The zero-order chi connectivity index (χ0) is 18.6. The molecule has 2 atom stereocenters. The molecule has 144 valence electrons. The number of aliphatic hydroxyl groups is 1. The lowest BCUT2D eigenvalue weighted by Gasteiger charge is -2.36. The molecule has 1 heterocycles. The molecule has 5 heteroatoms. The van der Waals surface area contributed by atoms with Crippen LogP contribution < -0.4 is 15.0 Å². The van der Waals surface area contributed by atoms with E-state index < -0.39 is 5.60 Å². The number of hydrogen-bond acceptors (Lipinski definition) is 3. The maximum absolute atomic E-state index is 12.4. The Kier molecular flexibility index (Phi) is 6.20. The monoisotopic (exact) mass is 361 g/mol. The van der Waals surface area contributed by atoms with Gasteiger partial charge in [0.25, 0.3) is 5.91 Å². The van der Waals surface area contributed by atoms with Crippen LogP contribution in [0.5, 0.6) is 5.75 Å². The molecule has 3 N–H and O–H groups in total. The first-order valence-electron chi connectivity index (χ1n) is 10.00. The van der Waals surface area contributed by atoms with E-state index >= 15 is 0 Å². The van der Waals surface area contributed by atoms with Gasteiger partial charge in [-0.05, 0) is 36.5 Å². The number of amides is 1. The summed E-state index contributed by atoms with van der Waals surface area (Å²) in [6.07, 6.45) is 6.20. The molecule has 0 spiro atoms. The molecule has 1 aromatic carbocycles. The van der Waals surface area contributed by atoms with Crippen molar-refractivity contribution >= 4 is 5.91 Å².